The van der Waals surface area contributed by atoms with Crippen molar-refractivity contribution in [1.82, 2.24) is 10.5 Å². The van der Waals surface area contributed by atoms with E-state index >= 15 is 0 Å². The van der Waals surface area contributed by atoms with E-state index in [4.69, 9.17) is 4.52 Å². The van der Waals surface area contributed by atoms with Crippen LogP contribution in [-0.2, 0) is 15.1 Å². The fourth-order valence-electron chi connectivity index (χ4n) is 2.94. The summed E-state index contributed by atoms with van der Waals surface area (Å²) in [7, 11) is 0. The van der Waals surface area contributed by atoms with Gasteiger partial charge in [0.25, 0.3) is 0 Å². The van der Waals surface area contributed by atoms with Gasteiger partial charge >= 0.3 is 5.97 Å². The van der Waals surface area contributed by atoms with Crippen LogP contribution in [0, 0.1) is 19.7 Å². The van der Waals surface area contributed by atoms with Crippen LogP contribution in [-0.4, -0.2) is 22.1 Å². The largest absolute Gasteiger partial charge is 0.479 e. The second kappa shape index (κ2) is 7.04. The molecule has 2 unspecified atom stereocenters. The predicted octanol–water partition coefficient (Wildman–Crippen LogP) is 3.04. The third kappa shape index (κ3) is 3.87. The van der Waals surface area contributed by atoms with Gasteiger partial charge in [-0.2, -0.15) is 0 Å². The van der Waals surface area contributed by atoms with E-state index in [1.165, 1.54) is 19.1 Å². The van der Waals surface area contributed by atoms with Crippen molar-refractivity contribution in [3.05, 3.63) is 52.7 Å². The molecule has 2 N–H and O–H groups in total. The van der Waals surface area contributed by atoms with Crippen LogP contribution in [0.25, 0.3) is 0 Å². The molecule has 0 bridgehead atoms. The molecule has 134 valence electrons. The highest BCUT2D eigenvalue weighted by atomic mass is 19.1. The van der Waals surface area contributed by atoms with E-state index in [1.54, 1.807) is 13.8 Å². The molecule has 0 spiro atoms. The first-order valence-corrected chi connectivity index (χ1v) is 7.88. The number of hydrogen-bond acceptors (Lipinski definition) is 4. The summed E-state index contributed by atoms with van der Waals surface area (Å²) in [6.07, 6.45) is 0.0763. The molecule has 2 atom stereocenters. The number of nitrogens with one attached hydrogen (secondary N) is 1. The van der Waals surface area contributed by atoms with Gasteiger partial charge < -0.3 is 14.9 Å². The summed E-state index contributed by atoms with van der Waals surface area (Å²) in [5.41, 5.74) is 0.189. The Bertz CT molecular complexity index is 765. The first-order chi connectivity index (χ1) is 11.6. The zero-order chi connectivity index (χ0) is 18.8. The summed E-state index contributed by atoms with van der Waals surface area (Å²) >= 11 is 0. The van der Waals surface area contributed by atoms with E-state index in [9.17, 15) is 19.1 Å². The Morgan fingerprint density at radius 1 is 1.32 bits per heavy atom. The minimum Gasteiger partial charge on any atom is -0.479 e. The van der Waals surface area contributed by atoms with Crippen LogP contribution in [0.1, 0.15) is 48.8 Å². The van der Waals surface area contributed by atoms with Gasteiger partial charge in [0.2, 0.25) is 5.91 Å². The highest BCUT2D eigenvalue weighted by Gasteiger charge is 2.37. The second-order valence-corrected chi connectivity index (χ2v) is 6.33. The van der Waals surface area contributed by atoms with Gasteiger partial charge in [0.05, 0.1) is 5.69 Å². The molecule has 6 nitrogen and oxygen atoms in total. The van der Waals surface area contributed by atoms with Crippen molar-refractivity contribution in [2.24, 2.45) is 0 Å². The van der Waals surface area contributed by atoms with E-state index in [-0.39, 0.29) is 12.3 Å². The number of aliphatic carboxylic acids is 1. The number of benzene rings is 1. The summed E-state index contributed by atoms with van der Waals surface area (Å²) in [6.45, 7) is 6.78. The molecular weight excluding hydrogens is 327 g/mol. The Morgan fingerprint density at radius 3 is 2.40 bits per heavy atom. The topological polar surface area (TPSA) is 92.4 Å². The summed E-state index contributed by atoms with van der Waals surface area (Å²) < 4.78 is 18.2. The zero-order valence-corrected chi connectivity index (χ0v) is 14.6. The molecule has 0 saturated carbocycles. The van der Waals surface area contributed by atoms with Crippen LogP contribution in [0.3, 0.4) is 0 Å². The quantitative estimate of drug-likeness (QED) is 0.837. The maximum Gasteiger partial charge on any atom is 0.333 e. The van der Waals surface area contributed by atoms with Crippen molar-refractivity contribution < 1.29 is 23.6 Å². The maximum absolute atomic E-state index is 13.1. The van der Waals surface area contributed by atoms with E-state index < -0.39 is 23.2 Å². The number of carbonyl (C=O) groups is 2. The van der Waals surface area contributed by atoms with Crippen molar-refractivity contribution in [3.63, 3.8) is 0 Å². The molecule has 2 rings (SSSR count). The van der Waals surface area contributed by atoms with Gasteiger partial charge in [-0.15, -0.1) is 0 Å². The van der Waals surface area contributed by atoms with Crippen LogP contribution in [0.4, 0.5) is 4.39 Å². The predicted molar refractivity (Wildman–Crippen MR) is 88.5 cm³/mol. The van der Waals surface area contributed by atoms with E-state index in [2.05, 4.69) is 10.5 Å². The Labute approximate surface area is 145 Å². The molecular formula is C18H21FN2O4. The van der Waals surface area contributed by atoms with Crippen molar-refractivity contribution in [2.45, 2.75) is 45.6 Å². The Hall–Kier alpha value is -2.70. The number of carboxylic acid groups (broad SMARTS) is 1. The lowest BCUT2D eigenvalue weighted by Gasteiger charge is -2.27. The fraction of sp³-hybridized carbons (Fsp3) is 0.389. The molecule has 7 heteroatoms. The maximum atomic E-state index is 13.1. The van der Waals surface area contributed by atoms with Crippen LogP contribution in [0.15, 0.2) is 28.8 Å². The van der Waals surface area contributed by atoms with Crippen molar-refractivity contribution in [2.75, 3.05) is 0 Å². The van der Waals surface area contributed by atoms with Crippen molar-refractivity contribution in [3.8, 4) is 0 Å². The van der Waals surface area contributed by atoms with Gasteiger partial charge in [0.1, 0.15) is 11.6 Å². The molecule has 0 radical (unpaired) electrons. The number of aryl methyl sites for hydroxylation is 2. The molecule has 1 amide bonds. The molecule has 0 aliphatic carbocycles. The smallest absolute Gasteiger partial charge is 0.333 e. The van der Waals surface area contributed by atoms with Gasteiger partial charge in [0, 0.05) is 12.0 Å². The number of nitrogens with zero attached hydrogens (tertiary/aromatic N) is 1. The summed E-state index contributed by atoms with van der Waals surface area (Å²) in [4.78, 5) is 24.2. The van der Waals surface area contributed by atoms with E-state index in [0.717, 1.165) is 17.7 Å². The van der Waals surface area contributed by atoms with Crippen molar-refractivity contribution in [1.29, 1.82) is 0 Å². The van der Waals surface area contributed by atoms with Crippen LogP contribution >= 0.6 is 0 Å². The summed E-state index contributed by atoms with van der Waals surface area (Å²) in [6, 6.07) is 5.02. The molecule has 2 aromatic rings. The number of carbonyl (C=O) groups excluding carboxylic acids is 1. The van der Waals surface area contributed by atoms with Crippen molar-refractivity contribution >= 4 is 11.9 Å². The Morgan fingerprint density at radius 2 is 1.92 bits per heavy atom. The third-order valence-corrected chi connectivity index (χ3v) is 4.31. The fourth-order valence-corrected chi connectivity index (χ4v) is 2.94. The van der Waals surface area contributed by atoms with Gasteiger partial charge in [-0.05, 0) is 44.4 Å². The summed E-state index contributed by atoms with van der Waals surface area (Å²) in [5, 5.41) is 16.0. The number of aromatic nitrogens is 1. The Kier molecular flexibility index (Phi) is 5.25. The molecule has 1 heterocycles. The first kappa shape index (κ1) is 18.6. The van der Waals surface area contributed by atoms with Gasteiger partial charge in [-0.1, -0.05) is 24.2 Å². The summed E-state index contributed by atoms with van der Waals surface area (Å²) in [5.74, 6) is -1.68. The van der Waals surface area contributed by atoms with Gasteiger partial charge in [0.15, 0.2) is 5.54 Å². The normalized spacial score (nSPS) is 14.6. The number of amides is 1. The van der Waals surface area contributed by atoms with E-state index in [0.29, 0.717) is 17.0 Å². The monoisotopic (exact) mass is 348 g/mol. The lowest BCUT2D eigenvalue weighted by Crippen LogP contribution is -2.49. The second-order valence-electron chi connectivity index (χ2n) is 6.33. The van der Waals surface area contributed by atoms with Gasteiger partial charge in [-0.3, -0.25) is 4.79 Å². The SMILES string of the molecule is Cc1noc(C)c1C(C)CC(=O)NC(C)(C(=O)O)c1ccc(F)cc1. The zero-order valence-electron chi connectivity index (χ0n) is 14.6. The highest BCUT2D eigenvalue weighted by molar-refractivity contribution is 5.88. The van der Waals surface area contributed by atoms with Crippen LogP contribution in [0.2, 0.25) is 0 Å². The molecule has 1 aromatic carbocycles. The molecule has 25 heavy (non-hydrogen) atoms. The molecule has 1 aromatic heterocycles. The minimum atomic E-state index is -1.65. The first-order valence-electron chi connectivity index (χ1n) is 7.88. The molecule has 0 aliphatic rings. The highest BCUT2D eigenvalue weighted by Crippen LogP contribution is 2.27. The molecule has 0 fully saturated rings. The number of rotatable bonds is 6. The standard InChI is InChI=1S/C18H21FN2O4/c1-10(16-11(2)21-25-12(16)3)9-15(22)20-18(4,17(23)24)13-5-7-14(19)8-6-13/h5-8,10H,9H2,1-4H3,(H,20,22)(H,23,24). The molecule has 0 saturated heterocycles. The number of carboxylic acids is 1. The average molecular weight is 348 g/mol. The average Bonchev–Trinajstić information content (AvgIpc) is 2.86. The Balaban J connectivity index is 2.18. The van der Waals surface area contributed by atoms with E-state index in [1.807, 2.05) is 6.92 Å². The molecule has 0 aliphatic heterocycles. The van der Waals surface area contributed by atoms with Gasteiger partial charge in [-0.25, -0.2) is 9.18 Å². The lowest BCUT2D eigenvalue weighted by molar-refractivity contribution is -0.147. The lowest BCUT2D eigenvalue weighted by atomic mass is 9.90. The number of hydrogen-bond donors (Lipinski definition) is 2. The van der Waals surface area contributed by atoms with Crippen LogP contribution in [0.5, 0.6) is 0 Å². The number of halogens is 1. The minimum absolute atomic E-state index is 0.0763. The van der Waals surface area contributed by atoms with Crippen LogP contribution < -0.4 is 5.32 Å². The third-order valence-electron chi connectivity index (χ3n) is 4.31.